The number of benzene rings is 1. The number of hydrogen-bond acceptors (Lipinski definition) is 2. The third-order valence-corrected chi connectivity index (χ3v) is 3.90. The van der Waals surface area contributed by atoms with Gasteiger partial charge in [-0.15, -0.1) is 0 Å². The highest BCUT2D eigenvalue weighted by Gasteiger charge is 2.39. The van der Waals surface area contributed by atoms with E-state index in [4.69, 9.17) is 0 Å². The van der Waals surface area contributed by atoms with Crippen LogP contribution in [0.2, 0.25) is 0 Å². The summed E-state index contributed by atoms with van der Waals surface area (Å²) >= 11 is 0. The normalized spacial score (nSPS) is 20.4. The summed E-state index contributed by atoms with van der Waals surface area (Å²) in [6.45, 7) is -0.0979. The molecule has 1 saturated carbocycles. The fraction of sp³-hybridized carbons (Fsp3) is 0.600. The Labute approximate surface area is 112 Å². The van der Waals surface area contributed by atoms with Gasteiger partial charge >= 0.3 is 0 Å². The molecule has 0 saturated heterocycles. The van der Waals surface area contributed by atoms with Gasteiger partial charge in [0.1, 0.15) is 0 Å². The first-order chi connectivity index (χ1) is 9.13. The molecule has 1 aromatic rings. The van der Waals surface area contributed by atoms with Gasteiger partial charge in [-0.2, -0.15) is 0 Å². The second kappa shape index (κ2) is 6.44. The fourth-order valence-electron chi connectivity index (χ4n) is 2.64. The van der Waals surface area contributed by atoms with Crippen molar-refractivity contribution >= 4 is 0 Å². The van der Waals surface area contributed by atoms with Crippen LogP contribution < -0.4 is 5.32 Å². The van der Waals surface area contributed by atoms with E-state index in [2.05, 4.69) is 5.32 Å². The molecule has 1 unspecified atom stereocenters. The largest absolute Gasteiger partial charge is 0.378 e. The van der Waals surface area contributed by atoms with E-state index in [9.17, 15) is 13.9 Å². The van der Waals surface area contributed by atoms with Gasteiger partial charge in [0.15, 0.2) is 5.60 Å². The number of alkyl halides is 2. The molecule has 1 aliphatic carbocycles. The molecule has 2 nitrogen and oxygen atoms in total. The Balaban J connectivity index is 2.03. The van der Waals surface area contributed by atoms with Gasteiger partial charge in [0.25, 0.3) is 6.43 Å². The van der Waals surface area contributed by atoms with E-state index in [1.807, 2.05) is 0 Å². The summed E-state index contributed by atoms with van der Waals surface area (Å²) in [5.41, 5.74) is -1.83. The molecule has 2 N–H and O–H groups in total. The summed E-state index contributed by atoms with van der Waals surface area (Å²) in [4.78, 5) is 0. The second-order valence-corrected chi connectivity index (χ2v) is 5.31. The van der Waals surface area contributed by atoms with Gasteiger partial charge in [0, 0.05) is 12.6 Å². The predicted octanol–water partition coefficient (Wildman–Crippen LogP) is 3.06. The van der Waals surface area contributed by atoms with Gasteiger partial charge < -0.3 is 10.4 Å². The molecule has 0 radical (unpaired) electrons. The number of hydrogen-bond donors (Lipinski definition) is 2. The third kappa shape index (κ3) is 3.51. The van der Waals surface area contributed by atoms with E-state index >= 15 is 0 Å². The van der Waals surface area contributed by atoms with Crippen LogP contribution in [0.4, 0.5) is 8.78 Å². The van der Waals surface area contributed by atoms with E-state index in [0.29, 0.717) is 0 Å². The molecule has 4 heteroatoms. The average molecular weight is 269 g/mol. The molecule has 19 heavy (non-hydrogen) atoms. The molecule has 0 bridgehead atoms. The first-order valence-corrected chi connectivity index (χ1v) is 6.92. The summed E-state index contributed by atoms with van der Waals surface area (Å²) in [7, 11) is 0. The molecule has 1 atom stereocenters. The van der Waals surface area contributed by atoms with Gasteiger partial charge in [-0.05, 0) is 18.4 Å². The van der Waals surface area contributed by atoms with Crippen molar-refractivity contribution < 1.29 is 13.9 Å². The van der Waals surface area contributed by atoms with Gasteiger partial charge in [0.2, 0.25) is 0 Å². The zero-order chi connectivity index (χ0) is 13.7. The van der Waals surface area contributed by atoms with E-state index in [0.717, 1.165) is 25.7 Å². The highest BCUT2D eigenvalue weighted by molar-refractivity contribution is 5.23. The van der Waals surface area contributed by atoms with Crippen LogP contribution >= 0.6 is 0 Å². The first kappa shape index (κ1) is 14.4. The quantitative estimate of drug-likeness (QED) is 0.861. The number of nitrogens with one attached hydrogen (secondary N) is 1. The Morgan fingerprint density at radius 2 is 1.79 bits per heavy atom. The minimum atomic E-state index is -2.80. The molecule has 1 aliphatic rings. The van der Waals surface area contributed by atoms with Crippen molar-refractivity contribution in [2.45, 2.75) is 50.2 Å². The molecule has 0 spiro atoms. The van der Waals surface area contributed by atoms with Crippen LogP contribution in [0.25, 0.3) is 0 Å². The maximum atomic E-state index is 13.2. The minimum Gasteiger partial charge on any atom is -0.378 e. The number of rotatable bonds is 5. The molecule has 0 aromatic heterocycles. The number of halogens is 2. The maximum absolute atomic E-state index is 13.2. The zero-order valence-corrected chi connectivity index (χ0v) is 11.0. The van der Waals surface area contributed by atoms with Gasteiger partial charge in [-0.1, -0.05) is 49.6 Å². The van der Waals surface area contributed by atoms with Gasteiger partial charge in [-0.25, -0.2) is 8.78 Å². The van der Waals surface area contributed by atoms with Crippen LogP contribution in [-0.4, -0.2) is 24.1 Å². The van der Waals surface area contributed by atoms with Crippen LogP contribution in [-0.2, 0) is 5.60 Å². The molecule has 1 fully saturated rings. The lowest BCUT2D eigenvalue weighted by Crippen LogP contribution is -2.47. The van der Waals surface area contributed by atoms with Crippen LogP contribution in [0.5, 0.6) is 0 Å². The Bertz CT molecular complexity index is 379. The predicted molar refractivity (Wildman–Crippen MR) is 71.2 cm³/mol. The SMILES string of the molecule is OC(CNC1CCCCC1)(c1ccccc1)C(F)F. The van der Waals surface area contributed by atoms with Crippen LogP contribution in [0.15, 0.2) is 30.3 Å². The van der Waals surface area contributed by atoms with Crippen molar-refractivity contribution in [2.75, 3.05) is 6.54 Å². The third-order valence-electron chi connectivity index (χ3n) is 3.90. The van der Waals surface area contributed by atoms with Crippen LogP contribution in [0.3, 0.4) is 0 Å². The topological polar surface area (TPSA) is 32.3 Å². The van der Waals surface area contributed by atoms with Crippen molar-refractivity contribution in [3.05, 3.63) is 35.9 Å². The fourth-order valence-corrected chi connectivity index (χ4v) is 2.64. The highest BCUT2D eigenvalue weighted by atomic mass is 19.3. The maximum Gasteiger partial charge on any atom is 0.272 e. The lowest BCUT2D eigenvalue weighted by Gasteiger charge is -2.31. The second-order valence-electron chi connectivity index (χ2n) is 5.31. The molecular formula is C15H21F2NO. The molecule has 0 aliphatic heterocycles. The van der Waals surface area contributed by atoms with Crippen molar-refractivity contribution in [3.63, 3.8) is 0 Å². The van der Waals surface area contributed by atoms with E-state index < -0.39 is 12.0 Å². The summed E-state index contributed by atoms with van der Waals surface area (Å²) in [6.07, 6.45) is 2.70. The molecule has 1 aromatic carbocycles. The summed E-state index contributed by atoms with van der Waals surface area (Å²) in [6, 6.07) is 8.45. The number of aliphatic hydroxyl groups is 1. The van der Waals surface area contributed by atoms with E-state index in [1.54, 1.807) is 30.3 Å². The molecule has 0 amide bonds. The van der Waals surface area contributed by atoms with E-state index in [-0.39, 0.29) is 18.2 Å². The monoisotopic (exact) mass is 269 g/mol. The van der Waals surface area contributed by atoms with Gasteiger partial charge in [-0.3, -0.25) is 0 Å². The molecular weight excluding hydrogens is 248 g/mol. The van der Waals surface area contributed by atoms with Crippen molar-refractivity contribution in [3.8, 4) is 0 Å². The smallest absolute Gasteiger partial charge is 0.272 e. The Morgan fingerprint density at radius 1 is 1.16 bits per heavy atom. The summed E-state index contributed by atoms with van der Waals surface area (Å²) in [5, 5.41) is 13.4. The van der Waals surface area contributed by atoms with Crippen molar-refractivity contribution in [1.29, 1.82) is 0 Å². The first-order valence-electron chi connectivity index (χ1n) is 6.92. The Morgan fingerprint density at radius 3 is 2.37 bits per heavy atom. The lowest BCUT2D eigenvalue weighted by atomic mass is 9.91. The zero-order valence-electron chi connectivity index (χ0n) is 11.0. The lowest BCUT2D eigenvalue weighted by molar-refractivity contribution is -0.101. The standard InChI is InChI=1S/C15H21F2NO/c16-14(17)15(19,12-7-3-1-4-8-12)11-18-13-9-5-2-6-10-13/h1,3-4,7-8,13-14,18-19H,2,5-6,9-11H2. The Kier molecular flexibility index (Phi) is 4.88. The van der Waals surface area contributed by atoms with Crippen molar-refractivity contribution in [1.82, 2.24) is 5.32 Å². The Hall–Kier alpha value is -1.00. The van der Waals surface area contributed by atoms with Gasteiger partial charge in [0.05, 0.1) is 0 Å². The summed E-state index contributed by atoms with van der Waals surface area (Å²) in [5.74, 6) is 0. The highest BCUT2D eigenvalue weighted by Crippen LogP contribution is 2.28. The summed E-state index contributed by atoms with van der Waals surface area (Å²) < 4.78 is 26.5. The van der Waals surface area contributed by atoms with Crippen molar-refractivity contribution in [2.24, 2.45) is 0 Å². The van der Waals surface area contributed by atoms with Crippen LogP contribution in [0, 0.1) is 0 Å². The minimum absolute atomic E-state index is 0.0979. The van der Waals surface area contributed by atoms with Crippen LogP contribution in [0.1, 0.15) is 37.7 Å². The average Bonchev–Trinajstić information content (AvgIpc) is 2.46. The molecule has 2 rings (SSSR count). The van der Waals surface area contributed by atoms with E-state index in [1.165, 1.54) is 6.42 Å². The molecule has 106 valence electrons. The molecule has 0 heterocycles.